The number of hydrogen-bond donors (Lipinski definition) is 1. The molecule has 19 heavy (non-hydrogen) atoms. The van der Waals surface area contributed by atoms with Crippen molar-refractivity contribution in [1.29, 1.82) is 0 Å². The van der Waals surface area contributed by atoms with E-state index in [-0.39, 0.29) is 17.7 Å². The van der Waals surface area contributed by atoms with E-state index in [1.54, 1.807) is 0 Å². The Kier molecular flexibility index (Phi) is 5.04. The molecule has 0 spiro atoms. The summed E-state index contributed by atoms with van der Waals surface area (Å²) in [5, 5.41) is 2.66. The molecule has 0 aliphatic carbocycles. The van der Waals surface area contributed by atoms with Crippen LogP contribution in [0.25, 0.3) is 0 Å². The van der Waals surface area contributed by atoms with E-state index < -0.39 is 27.9 Å². The van der Waals surface area contributed by atoms with Gasteiger partial charge >= 0.3 is 11.9 Å². The second kappa shape index (κ2) is 6.32. The molecule has 0 amide bonds. The van der Waals surface area contributed by atoms with Gasteiger partial charge in [-0.25, -0.2) is 13.2 Å². The van der Waals surface area contributed by atoms with Crippen LogP contribution >= 0.6 is 0 Å². The van der Waals surface area contributed by atoms with E-state index in [9.17, 15) is 18.0 Å². The van der Waals surface area contributed by atoms with Crippen LogP contribution in [0.2, 0.25) is 0 Å². The van der Waals surface area contributed by atoms with Gasteiger partial charge in [-0.3, -0.25) is 9.48 Å². The lowest BCUT2D eigenvalue weighted by molar-refractivity contribution is -0.140. The summed E-state index contributed by atoms with van der Waals surface area (Å²) in [6, 6.07) is 0. The Labute approximate surface area is 111 Å². The van der Waals surface area contributed by atoms with Gasteiger partial charge in [-0.2, -0.15) is 5.10 Å². The third-order valence-electron chi connectivity index (χ3n) is 2.44. The number of carbonyl (C=O) groups excluding carboxylic acids is 2. The maximum absolute atomic E-state index is 11.5. The van der Waals surface area contributed by atoms with Gasteiger partial charge in [0.2, 0.25) is 0 Å². The van der Waals surface area contributed by atoms with Crippen molar-refractivity contribution in [2.75, 3.05) is 14.2 Å². The predicted octanol–water partition coefficient (Wildman–Crippen LogP) is -0.578. The third-order valence-corrected chi connectivity index (χ3v) is 3.41. The first kappa shape index (κ1) is 15.2. The molecule has 1 unspecified atom stereocenters. The van der Waals surface area contributed by atoms with Crippen molar-refractivity contribution >= 4 is 22.6 Å². The molecule has 0 saturated carbocycles. The molecule has 0 fully saturated rings. The summed E-state index contributed by atoms with van der Waals surface area (Å²) in [4.78, 5) is 22.7. The number of thiol groups is 1. The van der Waals surface area contributed by atoms with Crippen LogP contribution in [0.5, 0.6) is 0 Å². The number of rotatable bonds is 5. The largest absolute Gasteiger partial charge is 0.469 e. The number of methoxy groups -OCH3 is 2. The van der Waals surface area contributed by atoms with Crippen LogP contribution in [-0.4, -0.2) is 44.4 Å². The number of ether oxygens (including phenoxy) is 2. The van der Waals surface area contributed by atoms with Gasteiger partial charge in [-0.15, -0.1) is 0 Å². The minimum Gasteiger partial charge on any atom is -0.469 e. The van der Waals surface area contributed by atoms with Gasteiger partial charge in [0.15, 0.2) is 5.69 Å². The fourth-order valence-electron chi connectivity index (χ4n) is 1.55. The molecule has 0 radical (unpaired) electrons. The molecule has 8 nitrogen and oxygen atoms in total. The predicted molar refractivity (Wildman–Crippen MR) is 64.2 cm³/mol. The number of carbonyl (C=O) groups is 2. The van der Waals surface area contributed by atoms with Crippen LogP contribution in [0.1, 0.15) is 27.7 Å². The smallest absolute Gasteiger partial charge is 0.358 e. The molecular formula is C10H14N2O6S. The molecule has 1 aromatic rings. The van der Waals surface area contributed by atoms with Gasteiger partial charge < -0.3 is 9.47 Å². The Morgan fingerprint density at radius 3 is 2.47 bits per heavy atom. The van der Waals surface area contributed by atoms with Crippen LogP contribution in [0.15, 0.2) is 6.20 Å². The fraction of sp³-hybridized carbons (Fsp3) is 0.500. The van der Waals surface area contributed by atoms with E-state index in [4.69, 9.17) is 0 Å². The number of esters is 2. The Morgan fingerprint density at radius 1 is 1.37 bits per heavy atom. The summed E-state index contributed by atoms with van der Waals surface area (Å²) >= 11 is 0. The van der Waals surface area contributed by atoms with Gasteiger partial charge in [-0.05, 0) is 0 Å². The van der Waals surface area contributed by atoms with Crippen LogP contribution in [0, 0.1) is 0 Å². The Morgan fingerprint density at radius 2 is 2.00 bits per heavy atom. The highest BCUT2D eigenvalue weighted by molar-refractivity contribution is 7.72. The highest BCUT2D eigenvalue weighted by Gasteiger charge is 2.28. The number of aromatic nitrogens is 2. The summed E-state index contributed by atoms with van der Waals surface area (Å²) in [7, 11) is 0.872. The molecule has 0 aromatic carbocycles. The lowest BCUT2D eigenvalue weighted by Crippen LogP contribution is -2.13. The minimum atomic E-state index is -2.97. The number of nitrogens with zero attached hydrogens (tertiary/aromatic N) is 2. The molecule has 1 heterocycles. The Balaban J connectivity index is 3.23. The summed E-state index contributed by atoms with van der Waals surface area (Å²) in [6.07, 6.45) is 0.982. The molecule has 1 aromatic heterocycles. The molecule has 0 saturated heterocycles. The van der Waals surface area contributed by atoms with Gasteiger partial charge in [-0.1, -0.05) is 0 Å². The maximum Gasteiger partial charge on any atom is 0.358 e. The van der Waals surface area contributed by atoms with Gasteiger partial charge in [0.1, 0.15) is 10.7 Å². The quantitative estimate of drug-likeness (QED) is 0.571. The van der Waals surface area contributed by atoms with Crippen molar-refractivity contribution in [3.8, 4) is 0 Å². The molecule has 1 rings (SSSR count). The topological polar surface area (TPSA) is 105 Å². The van der Waals surface area contributed by atoms with E-state index in [0.717, 1.165) is 14.2 Å². The van der Waals surface area contributed by atoms with Crippen molar-refractivity contribution in [2.24, 2.45) is 7.05 Å². The van der Waals surface area contributed by atoms with Gasteiger partial charge in [0.25, 0.3) is 0 Å². The van der Waals surface area contributed by atoms with E-state index in [1.807, 2.05) is 0 Å². The summed E-state index contributed by atoms with van der Waals surface area (Å²) in [6.45, 7) is 0. The highest BCUT2D eigenvalue weighted by atomic mass is 32.2. The first-order chi connectivity index (χ1) is 8.90. The van der Waals surface area contributed by atoms with Crippen LogP contribution in [0.3, 0.4) is 0 Å². The van der Waals surface area contributed by atoms with Gasteiger partial charge in [0, 0.05) is 18.8 Å². The van der Waals surface area contributed by atoms with Crippen LogP contribution in [0.4, 0.5) is 0 Å². The first-order valence-electron chi connectivity index (χ1n) is 5.22. The average Bonchev–Trinajstić information content (AvgIpc) is 2.75. The van der Waals surface area contributed by atoms with Crippen LogP contribution < -0.4 is 0 Å². The second-order valence-corrected chi connectivity index (χ2v) is 4.87. The lowest BCUT2D eigenvalue weighted by Gasteiger charge is -2.08. The van der Waals surface area contributed by atoms with Crippen molar-refractivity contribution in [1.82, 2.24) is 9.78 Å². The molecule has 106 valence electrons. The average molecular weight is 290 g/mol. The van der Waals surface area contributed by atoms with E-state index in [0.29, 0.717) is 0 Å². The lowest BCUT2D eigenvalue weighted by atomic mass is 10.1. The molecular weight excluding hydrogens is 276 g/mol. The molecule has 0 bridgehead atoms. The molecule has 1 atom stereocenters. The number of aryl methyl sites for hydroxylation is 1. The summed E-state index contributed by atoms with van der Waals surface area (Å²) in [5.41, 5.74) is -0.00559. The van der Waals surface area contributed by atoms with E-state index >= 15 is 0 Å². The summed E-state index contributed by atoms with van der Waals surface area (Å²) in [5.74, 6) is -1.45. The zero-order valence-electron chi connectivity index (χ0n) is 10.7. The molecule has 0 N–H and O–H groups in total. The zero-order chi connectivity index (χ0) is 14.6. The van der Waals surface area contributed by atoms with Crippen molar-refractivity contribution in [3.05, 3.63) is 17.5 Å². The normalized spacial score (nSPS) is 12.2. The first-order valence-corrected chi connectivity index (χ1v) is 6.47. The Hall–Kier alpha value is -1.90. The monoisotopic (exact) mass is 290 g/mol. The minimum absolute atomic E-state index is 0.121. The highest BCUT2D eigenvalue weighted by Crippen LogP contribution is 2.24. The fourth-order valence-corrected chi connectivity index (χ4v) is 2.26. The van der Waals surface area contributed by atoms with Crippen molar-refractivity contribution in [2.45, 2.75) is 11.7 Å². The Bertz CT molecular complexity index is 554. The SMILES string of the molecule is COC(=O)CC(c1cn(C)nc1C(=O)OC)[SH](=O)=O. The second-order valence-electron chi connectivity index (χ2n) is 3.68. The maximum atomic E-state index is 11.5. The van der Waals surface area contributed by atoms with Crippen molar-refractivity contribution in [3.63, 3.8) is 0 Å². The van der Waals surface area contributed by atoms with Crippen LogP contribution in [-0.2, 0) is 32.0 Å². The van der Waals surface area contributed by atoms with Gasteiger partial charge in [0.05, 0.1) is 25.9 Å². The van der Waals surface area contributed by atoms with E-state index in [2.05, 4.69) is 14.6 Å². The zero-order valence-corrected chi connectivity index (χ0v) is 11.5. The number of hydrogen-bond acceptors (Lipinski definition) is 7. The molecule has 0 aliphatic rings. The standard InChI is InChI=1S/C10H14N2O6S/c1-12-5-6(9(11-12)10(14)18-3)7(19(15)16)4-8(13)17-2/h5,7,19H,4H2,1-3H3. The van der Waals surface area contributed by atoms with Crippen molar-refractivity contribution < 1.29 is 27.5 Å². The van der Waals surface area contributed by atoms with E-state index in [1.165, 1.54) is 17.9 Å². The third kappa shape index (κ3) is 3.53. The molecule has 0 aliphatic heterocycles. The summed E-state index contributed by atoms with van der Waals surface area (Å²) < 4.78 is 32.8. The molecule has 9 heteroatoms.